The minimum Gasteiger partial charge on any atom is -0.420 e. The normalized spacial score (nSPS) is 15.3. The summed E-state index contributed by atoms with van der Waals surface area (Å²) in [6.07, 6.45) is 2.01. The van der Waals surface area contributed by atoms with Gasteiger partial charge in [0, 0.05) is 35.7 Å². The van der Waals surface area contributed by atoms with Crippen molar-refractivity contribution in [2.45, 2.75) is 31.8 Å². The second-order valence-electron chi connectivity index (χ2n) is 7.29. The van der Waals surface area contributed by atoms with Gasteiger partial charge in [-0.2, -0.15) is 0 Å². The lowest BCUT2D eigenvalue weighted by Crippen LogP contribution is -2.44. The molecule has 1 aliphatic heterocycles. The quantitative estimate of drug-likeness (QED) is 0.612. The van der Waals surface area contributed by atoms with Gasteiger partial charge in [0.15, 0.2) is 0 Å². The summed E-state index contributed by atoms with van der Waals surface area (Å²) in [7, 11) is 0. The number of carbonyl (C=O) groups excluding carboxylic acids is 1. The van der Waals surface area contributed by atoms with Gasteiger partial charge in [0.1, 0.15) is 6.42 Å². The van der Waals surface area contributed by atoms with E-state index in [1.54, 1.807) is 0 Å². The monoisotopic (exact) mass is 454 g/mol. The predicted molar refractivity (Wildman–Crippen MR) is 114 cm³/mol. The fourth-order valence-electron chi connectivity index (χ4n) is 3.53. The van der Waals surface area contributed by atoms with Crippen molar-refractivity contribution in [2.24, 2.45) is 0 Å². The molecule has 0 saturated carbocycles. The van der Waals surface area contributed by atoms with Crippen LogP contribution in [0.4, 0.5) is 0 Å². The van der Waals surface area contributed by atoms with Crippen molar-refractivity contribution in [3.63, 3.8) is 0 Å². The maximum Gasteiger partial charge on any atom is 0.247 e. The number of hydrogen-bond acceptors (Lipinski definition) is 5. The Hall–Kier alpha value is -2.51. The van der Waals surface area contributed by atoms with E-state index >= 15 is 0 Å². The van der Waals surface area contributed by atoms with E-state index in [-0.39, 0.29) is 18.4 Å². The molecule has 29 heavy (non-hydrogen) atoms. The molecular formula is C22H23BrN4O2. The van der Waals surface area contributed by atoms with Crippen molar-refractivity contribution in [2.75, 3.05) is 13.1 Å². The Morgan fingerprint density at radius 2 is 1.79 bits per heavy atom. The Labute approximate surface area is 178 Å². The Balaban J connectivity index is 1.24. The van der Waals surface area contributed by atoms with Crippen molar-refractivity contribution >= 4 is 21.8 Å². The lowest BCUT2D eigenvalue weighted by Gasteiger charge is -2.32. The summed E-state index contributed by atoms with van der Waals surface area (Å²) in [6.45, 7) is 2.92. The molecule has 1 fully saturated rings. The highest BCUT2D eigenvalue weighted by Gasteiger charge is 2.21. The topological polar surface area (TPSA) is 71.3 Å². The van der Waals surface area contributed by atoms with E-state index in [2.05, 4.69) is 60.6 Å². The van der Waals surface area contributed by atoms with Gasteiger partial charge in [-0.25, -0.2) is 0 Å². The summed E-state index contributed by atoms with van der Waals surface area (Å²) in [6, 6.07) is 18.3. The maximum absolute atomic E-state index is 12.4. The van der Waals surface area contributed by atoms with E-state index in [0.29, 0.717) is 11.8 Å². The second kappa shape index (κ2) is 9.33. The van der Waals surface area contributed by atoms with Crippen LogP contribution in [0.25, 0.3) is 11.5 Å². The summed E-state index contributed by atoms with van der Waals surface area (Å²) in [4.78, 5) is 14.8. The number of rotatable bonds is 6. The smallest absolute Gasteiger partial charge is 0.247 e. The molecule has 3 aromatic rings. The van der Waals surface area contributed by atoms with Gasteiger partial charge in [0.05, 0.1) is 0 Å². The molecule has 6 nitrogen and oxygen atoms in total. The zero-order valence-corrected chi connectivity index (χ0v) is 17.6. The maximum atomic E-state index is 12.4. The van der Waals surface area contributed by atoms with E-state index < -0.39 is 0 Å². The lowest BCUT2D eigenvalue weighted by molar-refractivity contribution is -0.121. The molecule has 0 unspecified atom stereocenters. The molecule has 7 heteroatoms. The number of halogens is 1. The Bertz CT molecular complexity index is 935. The molecule has 0 atom stereocenters. The zero-order valence-electron chi connectivity index (χ0n) is 16.1. The van der Waals surface area contributed by atoms with Crippen molar-refractivity contribution < 1.29 is 9.21 Å². The molecule has 2 heterocycles. The van der Waals surface area contributed by atoms with Gasteiger partial charge >= 0.3 is 0 Å². The number of amides is 1. The van der Waals surface area contributed by atoms with E-state index in [9.17, 15) is 4.79 Å². The number of carbonyl (C=O) groups is 1. The first-order valence-corrected chi connectivity index (χ1v) is 10.6. The van der Waals surface area contributed by atoms with Crippen LogP contribution < -0.4 is 5.32 Å². The number of nitrogens with zero attached hydrogens (tertiary/aromatic N) is 3. The molecule has 0 radical (unpaired) electrons. The van der Waals surface area contributed by atoms with Crippen LogP contribution in [0.1, 0.15) is 24.3 Å². The van der Waals surface area contributed by atoms with Crippen LogP contribution in [0, 0.1) is 0 Å². The van der Waals surface area contributed by atoms with Gasteiger partial charge in [0.25, 0.3) is 0 Å². The third-order valence-electron chi connectivity index (χ3n) is 5.07. The molecule has 1 aromatic heterocycles. The minimum atomic E-state index is -0.0717. The number of hydrogen-bond donors (Lipinski definition) is 1. The molecular weight excluding hydrogens is 432 g/mol. The van der Waals surface area contributed by atoms with E-state index in [1.807, 2.05) is 30.3 Å². The number of piperidine rings is 1. The summed E-state index contributed by atoms with van der Waals surface area (Å²) >= 11 is 3.40. The third kappa shape index (κ3) is 5.52. The van der Waals surface area contributed by atoms with E-state index in [0.717, 1.165) is 42.5 Å². The fraction of sp³-hybridized carbons (Fsp3) is 0.318. The van der Waals surface area contributed by atoms with Crippen LogP contribution >= 0.6 is 15.9 Å². The second-order valence-corrected chi connectivity index (χ2v) is 8.20. The molecule has 1 aliphatic rings. The lowest BCUT2D eigenvalue weighted by atomic mass is 10.0. The van der Waals surface area contributed by atoms with Crippen LogP contribution in [0.5, 0.6) is 0 Å². The SMILES string of the molecule is O=C(Cc1nnc(-c2ccc(Br)cc2)o1)NC1CCN(Cc2ccccc2)CC1. The zero-order chi connectivity index (χ0) is 20.1. The molecule has 1 saturated heterocycles. The summed E-state index contributed by atoms with van der Waals surface area (Å²) in [5.41, 5.74) is 2.16. The molecule has 1 amide bonds. The molecule has 0 aliphatic carbocycles. The van der Waals surface area contributed by atoms with Gasteiger partial charge in [0.2, 0.25) is 17.7 Å². The van der Waals surface area contributed by atoms with Crippen molar-refractivity contribution in [3.05, 3.63) is 70.5 Å². The van der Waals surface area contributed by atoms with Crippen LogP contribution in [0.15, 0.2) is 63.5 Å². The van der Waals surface area contributed by atoms with Crippen LogP contribution in [-0.4, -0.2) is 40.1 Å². The van der Waals surface area contributed by atoms with Crippen molar-refractivity contribution in [3.8, 4) is 11.5 Å². The molecule has 0 spiro atoms. The Kier molecular flexibility index (Phi) is 6.36. The molecule has 150 valence electrons. The number of likely N-dealkylation sites (tertiary alicyclic amines) is 1. The van der Waals surface area contributed by atoms with Crippen LogP contribution in [-0.2, 0) is 17.8 Å². The first kappa shape index (κ1) is 19.8. The summed E-state index contributed by atoms with van der Waals surface area (Å²) in [5, 5.41) is 11.2. The predicted octanol–water partition coefficient (Wildman–Crippen LogP) is 3.82. The average molecular weight is 455 g/mol. The number of aromatic nitrogens is 2. The largest absolute Gasteiger partial charge is 0.420 e. The average Bonchev–Trinajstić information content (AvgIpc) is 3.19. The van der Waals surface area contributed by atoms with E-state index in [1.165, 1.54) is 5.56 Å². The van der Waals surface area contributed by atoms with Crippen molar-refractivity contribution in [1.29, 1.82) is 0 Å². The van der Waals surface area contributed by atoms with Gasteiger partial charge < -0.3 is 9.73 Å². The Morgan fingerprint density at radius 3 is 2.52 bits per heavy atom. The standard InChI is InChI=1S/C22H23BrN4O2/c23-18-8-6-17(7-9-18)22-26-25-21(29-22)14-20(28)24-19-10-12-27(13-11-19)15-16-4-2-1-3-5-16/h1-9,19H,10-15H2,(H,24,28). The first-order chi connectivity index (χ1) is 14.2. The van der Waals surface area contributed by atoms with Gasteiger partial charge in [-0.3, -0.25) is 9.69 Å². The molecule has 4 rings (SSSR count). The molecule has 0 bridgehead atoms. The first-order valence-electron chi connectivity index (χ1n) is 9.80. The number of nitrogens with one attached hydrogen (secondary N) is 1. The van der Waals surface area contributed by atoms with Crippen molar-refractivity contribution in [1.82, 2.24) is 20.4 Å². The van der Waals surface area contributed by atoms with Crippen LogP contribution in [0.2, 0.25) is 0 Å². The summed E-state index contributed by atoms with van der Waals surface area (Å²) in [5.74, 6) is 0.689. The highest BCUT2D eigenvalue weighted by atomic mass is 79.9. The highest BCUT2D eigenvalue weighted by molar-refractivity contribution is 9.10. The minimum absolute atomic E-state index is 0.0717. The highest BCUT2D eigenvalue weighted by Crippen LogP contribution is 2.20. The molecule has 1 N–H and O–H groups in total. The fourth-order valence-corrected chi connectivity index (χ4v) is 3.79. The van der Waals surface area contributed by atoms with Gasteiger partial charge in [-0.05, 0) is 42.7 Å². The van der Waals surface area contributed by atoms with Gasteiger partial charge in [-0.1, -0.05) is 46.3 Å². The summed E-state index contributed by atoms with van der Waals surface area (Å²) < 4.78 is 6.63. The molecule has 2 aromatic carbocycles. The van der Waals surface area contributed by atoms with Crippen LogP contribution in [0.3, 0.4) is 0 Å². The van der Waals surface area contributed by atoms with E-state index in [4.69, 9.17) is 4.42 Å². The number of benzene rings is 2. The Morgan fingerprint density at radius 1 is 1.07 bits per heavy atom. The van der Waals surface area contributed by atoms with Gasteiger partial charge in [-0.15, -0.1) is 10.2 Å². The third-order valence-corrected chi connectivity index (χ3v) is 5.60.